The number of carbonyl (C=O) groups excluding carboxylic acids is 1. The summed E-state index contributed by atoms with van der Waals surface area (Å²) in [6.07, 6.45) is 5.57. The van der Waals surface area contributed by atoms with E-state index in [4.69, 9.17) is 5.11 Å². The van der Waals surface area contributed by atoms with Crippen LogP contribution in [0, 0.1) is 5.41 Å². The molecule has 1 amide bonds. The third kappa shape index (κ3) is 3.63. The number of benzene rings is 1. The Balaban J connectivity index is 1.49. The van der Waals surface area contributed by atoms with E-state index in [1.807, 2.05) is 18.2 Å². The molecule has 26 heavy (non-hydrogen) atoms. The van der Waals surface area contributed by atoms with Crippen LogP contribution >= 0.6 is 0 Å². The van der Waals surface area contributed by atoms with Gasteiger partial charge in [-0.1, -0.05) is 30.3 Å². The Hall–Kier alpha value is -1.88. The molecule has 2 saturated heterocycles. The fraction of sp³-hybridized carbons (Fsp3) is 0.619. The number of hydrogen-bond acceptors (Lipinski definition) is 3. The maximum Gasteiger partial charge on any atom is 0.304 e. The highest BCUT2D eigenvalue weighted by atomic mass is 16.4. The second-order valence-electron chi connectivity index (χ2n) is 8.35. The SMILES string of the molecule is O=C(O)CCN1CCC2(CC1)CC(c1ccccc1)C(=O)N(C1CC1)C2. The third-order valence-corrected chi connectivity index (χ3v) is 6.47. The quantitative estimate of drug-likeness (QED) is 0.881. The van der Waals surface area contributed by atoms with Crippen LogP contribution in [0.1, 0.15) is 50.0 Å². The van der Waals surface area contributed by atoms with E-state index in [0.29, 0.717) is 18.5 Å². The van der Waals surface area contributed by atoms with Gasteiger partial charge in [-0.05, 0) is 56.2 Å². The van der Waals surface area contributed by atoms with E-state index in [1.165, 1.54) is 0 Å². The molecular weight excluding hydrogens is 328 g/mol. The molecule has 0 radical (unpaired) electrons. The Morgan fingerprint density at radius 3 is 2.46 bits per heavy atom. The molecule has 1 aromatic carbocycles. The zero-order valence-corrected chi connectivity index (χ0v) is 15.3. The van der Waals surface area contributed by atoms with Gasteiger partial charge in [0.25, 0.3) is 0 Å². The van der Waals surface area contributed by atoms with Gasteiger partial charge in [0.2, 0.25) is 5.91 Å². The fourth-order valence-corrected chi connectivity index (χ4v) is 4.73. The standard InChI is InChI=1S/C21H28N2O3/c24-19(25)8-11-22-12-9-21(10-13-22)14-18(16-4-2-1-3-5-16)20(26)23(15-21)17-6-7-17/h1-5,17-18H,6-15H2,(H,24,25). The molecule has 1 atom stereocenters. The number of carboxylic acids is 1. The molecule has 140 valence electrons. The molecule has 5 nitrogen and oxygen atoms in total. The summed E-state index contributed by atoms with van der Waals surface area (Å²) in [5.74, 6) is -0.425. The highest BCUT2D eigenvalue weighted by Crippen LogP contribution is 2.48. The number of piperidine rings is 2. The van der Waals surface area contributed by atoms with Gasteiger partial charge in [0.05, 0.1) is 12.3 Å². The van der Waals surface area contributed by atoms with E-state index in [9.17, 15) is 9.59 Å². The molecule has 1 aliphatic carbocycles. The van der Waals surface area contributed by atoms with Gasteiger partial charge < -0.3 is 14.9 Å². The minimum atomic E-state index is -0.724. The fourth-order valence-electron chi connectivity index (χ4n) is 4.73. The van der Waals surface area contributed by atoms with Gasteiger partial charge in [-0.15, -0.1) is 0 Å². The Morgan fingerprint density at radius 2 is 1.85 bits per heavy atom. The summed E-state index contributed by atoms with van der Waals surface area (Å²) in [6, 6.07) is 10.7. The molecular formula is C21H28N2O3. The number of likely N-dealkylation sites (tertiary alicyclic amines) is 2. The van der Waals surface area contributed by atoms with E-state index in [0.717, 1.165) is 57.3 Å². The predicted octanol–water partition coefficient (Wildman–Crippen LogP) is 2.72. The Labute approximate surface area is 155 Å². The van der Waals surface area contributed by atoms with Crippen molar-refractivity contribution in [2.45, 2.75) is 50.5 Å². The van der Waals surface area contributed by atoms with Gasteiger partial charge in [0.15, 0.2) is 0 Å². The summed E-state index contributed by atoms with van der Waals surface area (Å²) in [4.78, 5) is 28.4. The van der Waals surface area contributed by atoms with Gasteiger partial charge in [-0.2, -0.15) is 0 Å². The van der Waals surface area contributed by atoms with Gasteiger partial charge in [0, 0.05) is 19.1 Å². The average molecular weight is 356 g/mol. The number of carboxylic acid groups (broad SMARTS) is 1. The smallest absolute Gasteiger partial charge is 0.304 e. The molecule has 1 saturated carbocycles. The van der Waals surface area contributed by atoms with E-state index >= 15 is 0 Å². The van der Waals surface area contributed by atoms with Gasteiger partial charge in [0.1, 0.15) is 0 Å². The lowest BCUT2D eigenvalue weighted by Crippen LogP contribution is -2.54. The van der Waals surface area contributed by atoms with Crippen LogP contribution < -0.4 is 0 Å². The van der Waals surface area contributed by atoms with E-state index < -0.39 is 5.97 Å². The molecule has 2 heterocycles. The lowest BCUT2D eigenvalue weighted by molar-refractivity contribution is -0.143. The molecule has 3 aliphatic rings. The largest absolute Gasteiger partial charge is 0.481 e. The van der Waals surface area contributed by atoms with Crippen LogP contribution in [0.5, 0.6) is 0 Å². The predicted molar refractivity (Wildman–Crippen MR) is 98.9 cm³/mol. The van der Waals surface area contributed by atoms with Gasteiger partial charge in [-0.25, -0.2) is 0 Å². The zero-order valence-electron chi connectivity index (χ0n) is 15.3. The lowest BCUT2D eigenvalue weighted by atomic mass is 9.67. The zero-order chi connectivity index (χ0) is 18.1. The molecule has 4 rings (SSSR count). The van der Waals surface area contributed by atoms with E-state index in [1.54, 1.807) is 0 Å². The summed E-state index contributed by atoms with van der Waals surface area (Å²) in [7, 11) is 0. The number of aliphatic carboxylic acids is 1. The summed E-state index contributed by atoms with van der Waals surface area (Å²) < 4.78 is 0. The normalized spacial score (nSPS) is 26.2. The number of hydrogen-bond donors (Lipinski definition) is 1. The van der Waals surface area contributed by atoms with Crippen molar-refractivity contribution in [1.82, 2.24) is 9.80 Å². The molecule has 3 fully saturated rings. The van der Waals surface area contributed by atoms with Crippen molar-refractivity contribution in [2.75, 3.05) is 26.2 Å². The van der Waals surface area contributed by atoms with Gasteiger partial charge >= 0.3 is 5.97 Å². The van der Waals surface area contributed by atoms with Crippen LogP contribution in [0.3, 0.4) is 0 Å². The van der Waals surface area contributed by atoms with Crippen molar-refractivity contribution in [1.29, 1.82) is 0 Å². The molecule has 0 bridgehead atoms. The maximum atomic E-state index is 13.1. The van der Waals surface area contributed by atoms with Crippen LogP contribution in [-0.2, 0) is 9.59 Å². The Kier molecular flexibility index (Phi) is 4.74. The van der Waals surface area contributed by atoms with E-state index in [-0.39, 0.29) is 17.8 Å². The van der Waals surface area contributed by atoms with Crippen LogP contribution in [0.25, 0.3) is 0 Å². The first-order valence-corrected chi connectivity index (χ1v) is 9.86. The summed E-state index contributed by atoms with van der Waals surface area (Å²) in [6.45, 7) is 3.42. The third-order valence-electron chi connectivity index (χ3n) is 6.47. The summed E-state index contributed by atoms with van der Waals surface area (Å²) in [5, 5.41) is 8.91. The van der Waals surface area contributed by atoms with Crippen LogP contribution in [-0.4, -0.2) is 59.0 Å². The number of rotatable bonds is 5. The maximum absolute atomic E-state index is 13.1. The monoisotopic (exact) mass is 356 g/mol. The highest BCUT2D eigenvalue weighted by molar-refractivity contribution is 5.85. The summed E-state index contributed by atoms with van der Waals surface area (Å²) >= 11 is 0. The molecule has 1 aromatic rings. The second-order valence-corrected chi connectivity index (χ2v) is 8.35. The van der Waals surface area contributed by atoms with E-state index in [2.05, 4.69) is 21.9 Å². The van der Waals surface area contributed by atoms with Crippen LogP contribution in [0.2, 0.25) is 0 Å². The Morgan fingerprint density at radius 1 is 1.15 bits per heavy atom. The van der Waals surface area contributed by atoms with Crippen molar-refractivity contribution in [2.24, 2.45) is 5.41 Å². The Bertz CT molecular complexity index is 663. The van der Waals surface area contributed by atoms with Crippen LogP contribution in [0.15, 0.2) is 30.3 Å². The van der Waals surface area contributed by atoms with Crippen molar-refractivity contribution >= 4 is 11.9 Å². The van der Waals surface area contributed by atoms with Crippen LogP contribution in [0.4, 0.5) is 0 Å². The van der Waals surface area contributed by atoms with Crippen molar-refractivity contribution in [3.05, 3.63) is 35.9 Å². The van der Waals surface area contributed by atoms with Gasteiger partial charge in [-0.3, -0.25) is 9.59 Å². The first-order valence-electron chi connectivity index (χ1n) is 9.86. The second kappa shape index (κ2) is 7.03. The first kappa shape index (κ1) is 17.5. The topological polar surface area (TPSA) is 60.9 Å². The minimum Gasteiger partial charge on any atom is -0.481 e. The highest BCUT2D eigenvalue weighted by Gasteiger charge is 2.49. The number of amides is 1. The summed E-state index contributed by atoms with van der Waals surface area (Å²) in [5.41, 5.74) is 1.34. The lowest BCUT2D eigenvalue weighted by Gasteiger charge is -2.50. The number of carbonyl (C=O) groups is 2. The molecule has 2 aliphatic heterocycles. The molecule has 0 aromatic heterocycles. The molecule has 5 heteroatoms. The average Bonchev–Trinajstić information content (AvgIpc) is 3.49. The van der Waals surface area contributed by atoms with Crippen molar-refractivity contribution in [3.8, 4) is 0 Å². The van der Waals surface area contributed by atoms with Crippen molar-refractivity contribution < 1.29 is 14.7 Å². The first-order chi connectivity index (χ1) is 12.6. The van der Waals surface area contributed by atoms with Crippen molar-refractivity contribution in [3.63, 3.8) is 0 Å². The minimum absolute atomic E-state index is 0.0175. The molecule has 1 unspecified atom stereocenters. The molecule has 1 spiro atoms. The number of nitrogens with zero attached hydrogens (tertiary/aromatic N) is 2. The molecule has 1 N–H and O–H groups in total.